The molecule has 3 saturated carbocycles. The van der Waals surface area contributed by atoms with E-state index in [1.54, 1.807) is 0 Å². The van der Waals surface area contributed by atoms with Crippen LogP contribution in [0.2, 0.25) is 0 Å². The molecule has 4 heteroatoms. The Kier molecular flexibility index (Phi) is 4.12. The highest BCUT2D eigenvalue weighted by molar-refractivity contribution is 5.89. The number of hydrogen-bond donors (Lipinski definition) is 1. The van der Waals surface area contributed by atoms with Gasteiger partial charge in [-0.1, -0.05) is 19.9 Å². The Morgan fingerprint density at radius 1 is 1.07 bits per heavy atom. The van der Waals surface area contributed by atoms with Gasteiger partial charge < -0.3 is 10.2 Å². The minimum absolute atomic E-state index is 0.142. The first-order chi connectivity index (χ1) is 13.4. The van der Waals surface area contributed by atoms with Gasteiger partial charge in [0, 0.05) is 42.6 Å². The highest BCUT2D eigenvalue weighted by Crippen LogP contribution is 2.64. The van der Waals surface area contributed by atoms with E-state index < -0.39 is 0 Å². The Labute approximate surface area is 168 Å². The zero-order chi connectivity index (χ0) is 19.5. The van der Waals surface area contributed by atoms with Gasteiger partial charge in [0.2, 0.25) is 5.91 Å². The maximum Gasteiger partial charge on any atom is 0.246 e. The number of nitrogens with zero attached hydrogens (tertiary/aromatic N) is 2. The van der Waals surface area contributed by atoms with E-state index in [-0.39, 0.29) is 11.3 Å². The van der Waals surface area contributed by atoms with Crippen LogP contribution in [0, 0.1) is 28.6 Å². The largest absolute Gasteiger partial charge is 0.382 e. The van der Waals surface area contributed by atoms with Crippen molar-refractivity contribution in [2.75, 3.05) is 12.4 Å². The number of aromatic nitrogens is 1. The van der Waals surface area contributed by atoms with Crippen molar-refractivity contribution < 1.29 is 4.79 Å². The molecule has 0 bridgehead atoms. The van der Waals surface area contributed by atoms with Crippen LogP contribution in [-0.2, 0) is 4.79 Å². The summed E-state index contributed by atoms with van der Waals surface area (Å²) in [6.45, 7) is 4.97. The molecule has 150 valence electrons. The van der Waals surface area contributed by atoms with Gasteiger partial charge in [-0.3, -0.25) is 9.78 Å². The molecular formula is C24H33N3O. The molecule has 3 fully saturated rings. The lowest BCUT2D eigenvalue weighted by atomic mass is 9.48. The molecule has 1 aromatic heterocycles. The SMILES string of the molecule is CN1C(=O)C=C[C@@]2(C)C1CC[C@@H]1[C@H]2CC[C@]2(C)C(Nc3ccncc3)CC[C@@H]12. The Balaban J connectivity index is 1.41. The molecule has 0 saturated heterocycles. The third kappa shape index (κ3) is 2.49. The van der Waals surface area contributed by atoms with E-state index in [4.69, 9.17) is 0 Å². The van der Waals surface area contributed by atoms with Crippen LogP contribution >= 0.6 is 0 Å². The van der Waals surface area contributed by atoms with E-state index in [0.29, 0.717) is 23.4 Å². The molecule has 2 heterocycles. The van der Waals surface area contributed by atoms with Gasteiger partial charge in [0.15, 0.2) is 0 Å². The normalized spacial score (nSPS) is 44.6. The minimum Gasteiger partial charge on any atom is -0.382 e. The smallest absolute Gasteiger partial charge is 0.246 e. The van der Waals surface area contributed by atoms with Gasteiger partial charge >= 0.3 is 0 Å². The Hall–Kier alpha value is -1.84. The molecule has 0 aromatic carbocycles. The van der Waals surface area contributed by atoms with Crippen molar-refractivity contribution in [3.63, 3.8) is 0 Å². The van der Waals surface area contributed by atoms with Crippen molar-refractivity contribution in [1.29, 1.82) is 0 Å². The van der Waals surface area contributed by atoms with Crippen molar-refractivity contribution in [2.45, 2.75) is 64.5 Å². The summed E-state index contributed by atoms with van der Waals surface area (Å²) in [7, 11) is 2.01. The average molecular weight is 380 g/mol. The third-order valence-corrected chi connectivity index (χ3v) is 9.15. The monoisotopic (exact) mass is 379 g/mol. The van der Waals surface area contributed by atoms with Gasteiger partial charge in [0.1, 0.15) is 0 Å². The maximum atomic E-state index is 12.2. The summed E-state index contributed by atoms with van der Waals surface area (Å²) in [4.78, 5) is 18.4. The second-order valence-electron chi connectivity index (χ2n) is 10.2. The van der Waals surface area contributed by atoms with Gasteiger partial charge in [-0.2, -0.15) is 0 Å². The molecule has 4 aliphatic rings. The lowest BCUT2D eigenvalue weighted by Crippen LogP contribution is -2.60. The molecule has 1 aromatic rings. The van der Waals surface area contributed by atoms with Crippen LogP contribution in [0.4, 0.5) is 5.69 Å². The third-order valence-electron chi connectivity index (χ3n) is 9.15. The number of likely N-dealkylation sites (N-methyl/N-ethyl adjacent to an activating group) is 1. The molecule has 28 heavy (non-hydrogen) atoms. The topological polar surface area (TPSA) is 45.2 Å². The molecule has 0 spiro atoms. The van der Waals surface area contributed by atoms with E-state index in [9.17, 15) is 4.79 Å². The summed E-state index contributed by atoms with van der Waals surface area (Å²) >= 11 is 0. The van der Waals surface area contributed by atoms with Crippen molar-refractivity contribution in [2.24, 2.45) is 28.6 Å². The number of amides is 1. The first-order valence-corrected chi connectivity index (χ1v) is 11.1. The number of hydrogen-bond acceptors (Lipinski definition) is 3. The molecule has 3 aliphatic carbocycles. The summed E-state index contributed by atoms with van der Waals surface area (Å²) in [6, 6.07) is 5.11. The number of anilines is 1. The summed E-state index contributed by atoms with van der Waals surface area (Å²) in [5.41, 5.74) is 1.71. The number of nitrogens with one attached hydrogen (secondary N) is 1. The standard InChI is InChI=1S/C24H33N3O/c1-23-12-8-19-17(4-7-21-24(19,2)13-9-22(28)27(21)3)18(23)5-6-20(23)26-16-10-14-25-15-11-16/h9-11,13-15,17-21H,4-8,12H2,1-3H3,(H,25,26)/t17-,18-,19+,20?,21?,23-,24+/m0/s1. The van der Waals surface area contributed by atoms with E-state index in [1.807, 2.05) is 30.4 Å². The molecule has 7 atom stereocenters. The fourth-order valence-electron chi connectivity index (χ4n) is 7.62. The van der Waals surface area contributed by atoms with Crippen molar-refractivity contribution in [1.82, 2.24) is 9.88 Å². The predicted octanol–water partition coefficient (Wildman–Crippen LogP) is 4.50. The highest BCUT2D eigenvalue weighted by atomic mass is 16.2. The lowest BCUT2D eigenvalue weighted by Gasteiger charge is -2.60. The number of fused-ring (bicyclic) bond motifs is 5. The average Bonchev–Trinajstić information content (AvgIpc) is 3.02. The Morgan fingerprint density at radius 3 is 2.64 bits per heavy atom. The molecule has 1 amide bonds. The van der Waals surface area contributed by atoms with Gasteiger partial charge in [-0.25, -0.2) is 0 Å². The molecule has 5 rings (SSSR count). The lowest BCUT2D eigenvalue weighted by molar-refractivity contribution is -0.138. The van der Waals surface area contributed by atoms with Crippen LogP contribution in [0.15, 0.2) is 36.7 Å². The summed E-state index contributed by atoms with van der Waals surface area (Å²) < 4.78 is 0. The van der Waals surface area contributed by atoms with Crippen molar-refractivity contribution in [3.8, 4) is 0 Å². The first kappa shape index (κ1) is 18.2. The van der Waals surface area contributed by atoms with Gasteiger partial charge in [0.25, 0.3) is 0 Å². The quantitative estimate of drug-likeness (QED) is 0.823. The minimum atomic E-state index is 0.142. The summed E-state index contributed by atoms with van der Waals surface area (Å²) in [5, 5.41) is 3.85. The molecule has 0 radical (unpaired) electrons. The zero-order valence-electron chi connectivity index (χ0n) is 17.4. The van der Waals surface area contributed by atoms with Gasteiger partial charge in [-0.05, 0) is 79.9 Å². The summed E-state index contributed by atoms with van der Waals surface area (Å²) in [5.74, 6) is 2.47. The molecule has 4 nitrogen and oxygen atoms in total. The number of rotatable bonds is 2. The van der Waals surface area contributed by atoms with Gasteiger partial charge in [0.05, 0.1) is 0 Å². The highest BCUT2D eigenvalue weighted by Gasteiger charge is 2.60. The second-order valence-corrected chi connectivity index (χ2v) is 10.2. The van der Waals surface area contributed by atoms with Crippen molar-refractivity contribution >= 4 is 11.6 Å². The van der Waals surface area contributed by atoms with E-state index in [0.717, 1.165) is 18.3 Å². The van der Waals surface area contributed by atoms with Crippen LogP contribution in [0.1, 0.15) is 52.4 Å². The molecular weight excluding hydrogens is 346 g/mol. The van der Waals surface area contributed by atoms with Crippen LogP contribution in [0.3, 0.4) is 0 Å². The predicted molar refractivity (Wildman–Crippen MR) is 112 cm³/mol. The van der Waals surface area contributed by atoms with Gasteiger partial charge in [-0.15, -0.1) is 0 Å². The molecule has 2 unspecified atom stereocenters. The van der Waals surface area contributed by atoms with Crippen LogP contribution < -0.4 is 5.32 Å². The Bertz CT molecular complexity index is 792. The van der Waals surface area contributed by atoms with E-state index in [1.165, 1.54) is 37.8 Å². The second kappa shape index (κ2) is 6.33. The fraction of sp³-hybridized carbons (Fsp3) is 0.667. The first-order valence-electron chi connectivity index (χ1n) is 11.1. The van der Waals surface area contributed by atoms with Crippen LogP contribution in [-0.4, -0.2) is 34.9 Å². The number of carbonyl (C=O) groups is 1. The number of carbonyl (C=O) groups excluding carboxylic acids is 1. The van der Waals surface area contributed by atoms with E-state index in [2.05, 4.69) is 42.4 Å². The Morgan fingerprint density at radius 2 is 1.86 bits per heavy atom. The van der Waals surface area contributed by atoms with Crippen LogP contribution in [0.5, 0.6) is 0 Å². The van der Waals surface area contributed by atoms with E-state index >= 15 is 0 Å². The van der Waals surface area contributed by atoms with Crippen molar-refractivity contribution in [3.05, 3.63) is 36.7 Å². The number of pyridine rings is 1. The molecule has 1 N–H and O–H groups in total. The molecule has 1 aliphatic heterocycles. The summed E-state index contributed by atoms with van der Waals surface area (Å²) in [6.07, 6.45) is 15.5. The zero-order valence-corrected chi connectivity index (χ0v) is 17.4. The fourth-order valence-corrected chi connectivity index (χ4v) is 7.62. The maximum absolute atomic E-state index is 12.2. The van der Waals surface area contributed by atoms with Crippen LogP contribution in [0.25, 0.3) is 0 Å².